The molecule has 0 atom stereocenters. The van der Waals surface area contributed by atoms with Gasteiger partial charge in [-0.2, -0.15) is 0 Å². The van der Waals surface area contributed by atoms with E-state index < -0.39 is 0 Å². The van der Waals surface area contributed by atoms with E-state index in [1.54, 1.807) is 12.1 Å². The molecule has 4 nitrogen and oxygen atoms in total. The van der Waals surface area contributed by atoms with E-state index in [4.69, 9.17) is 4.74 Å². The van der Waals surface area contributed by atoms with E-state index in [1.807, 2.05) is 48.7 Å². The molecule has 0 saturated heterocycles. The lowest BCUT2D eigenvalue weighted by atomic mass is 10.0. The third-order valence-corrected chi connectivity index (χ3v) is 5.67. The Balaban J connectivity index is 1.46. The molecule has 0 spiro atoms. The van der Waals surface area contributed by atoms with Gasteiger partial charge in [0.1, 0.15) is 16.6 Å². The summed E-state index contributed by atoms with van der Waals surface area (Å²) in [7, 11) is 0. The third kappa shape index (κ3) is 4.33. The zero-order valence-corrected chi connectivity index (χ0v) is 17.3. The number of ether oxygens (including phenoxy) is 1. The van der Waals surface area contributed by atoms with Gasteiger partial charge in [-0.25, -0.2) is 9.37 Å². The highest BCUT2D eigenvalue weighted by atomic mass is 32.1. The number of fused-ring (bicyclic) bond motifs is 1. The lowest BCUT2D eigenvalue weighted by molar-refractivity contribution is 0.0952. The molecule has 4 rings (SSSR count). The summed E-state index contributed by atoms with van der Waals surface area (Å²) in [5.74, 6) is 0.156. The SMILES string of the molecule is CCOc1ccc2ccccc2c1C(=O)NCCc1csc(-c2ccc(F)cc2)n1. The Hall–Kier alpha value is -3.25. The first-order chi connectivity index (χ1) is 14.7. The summed E-state index contributed by atoms with van der Waals surface area (Å²) in [6.07, 6.45) is 0.609. The fourth-order valence-corrected chi connectivity index (χ4v) is 4.16. The van der Waals surface area contributed by atoms with Gasteiger partial charge in [0, 0.05) is 23.9 Å². The van der Waals surface area contributed by atoms with Crippen molar-refractivity contribution in [2.45, 2.75) is 13.3 Å². The molecule has 0 saturated carbocycles. The summed E-state index contributed by atoms with van der Waals surface area (Å²) in [5.41, 5.74) is 2.33. The van der Waals surface area contributed by atoms with E-state index in [0.29, 0.717) is 30.9 Å². The molecule has 6 heteroatoms. The molecule has 0 bridgehead atoms. The van der Waals surface area contributed by atoms with Crippen LogP contribution in [0.5, 0.6) is 5.75 Å². The molecule has 0 aliphatic rings. The quantitative estimate of drug-likeness (QED) is 0.431. The van der Waals surface area contributed by atoms with Gasteiger partial charge in [0.15, 0.2) is 0 Å². The van der Waals surface area contributed by atoms with Crippen LogP contribution in [0.15, 0.2) is 66.0 Å². The Morgan fingerprint density at radius 3 is 2.70 bits per heavy atom. The molecule has 1 amide bonds. The number of halogens is 1. The number of rotatable bonds is 7. The monoisotopic (exact) mass is 420 g/mol. The minimum atomic E-state index is -0.266. The largest absolute Gasteiger partial charge is 0.493 e. The van der Waals surface area contributed by atoms with Gasteiger partial charge in [0.25, 0.3) is 5.91 Å². The molecule has 1 N–H and O–H groups in total. The predicted molar refractivity (Wildman–Crippen MR) is 119 cm³/mol. The molecule has 152 valence electrons. The lowest BCUT2D eigenvalue weighted by Crippen LogP contribution is -2.26. The van der Waals surface area contributed by atoms with Crippen LogP contribution >= 0.6 is 11.3 Å². The first-order valence-electron chi connectivity index (χ1n) is 9.79. The van der Waals surface area contributed by atoms with Crippen LogP contribution < -0.4 is 10.1 Å². The molecule has 0 radical (unpaired) electrons. The number of aromatic nitrogens is 1. The Morgan fingerprint density at radius 2 is 1.90 bits per heavy atom. The van der Waals surface area contributed by atoms with Crippen LogP contribution in [0, 0.1) is 5.82 Å². The molecular weight excluding hydrogens is 399 g/mol. The number of carbonyl (C=O) groups is 1. The topological polar surface area (TPSA) is 51.2 Å². The number of benzene rings is 3. The maximum atomic E-state index is 13.1. The highest BCUT2D eigenvalue weighted by Crippen LogP contribution is 2.28. The van der Waals surface area contributed by atoms with Crippen LogP contribution in [0.3, 0.4) is 0 Å². The molecule has 1 heterocycles. The van der Waals surface area contributed by atoms with Crippen molar-refractivity contribution in [1.29, 1.82) is 0 Å². The first-order valence-corrected chi connectivity index (χ1v) is 10.7. The molecule has 0 aliphatic heterocycles. The van der Waals surface area contributed by atoms with Crippen LogP contribution in [0.25, 0.3) is 21.3 Å². The normalized spacial score (nSPS) is 10.9. The summed E-state index contributed by atoms with van der Waals surface area (Å²) in [6.45, 7) is 2.85. The Kier molecular flexibility index (Phi) is 6.05. The van der Waals surface area contributed by atoms with E-state index >= 15 is 0 Å². The lowest BCUT2D eigenvalue weighted by Gasteiger charge is -2.13. The first kappa shape index (κ1) is 20.0. The molecular formula is C24H21FN2O2S. The summed E-state index contributed by atoms with van der Waals surface area (Å²) < 4.78 is 18.8. The summed E-state index contributed by atoms with van der Waals surface area (Å²) >= 11 is 1.51. The Bertz CT molecular complexity index is 1170. The van der Waals surface area contributed by atoms with Gasteiger partial charge >= 0.3 is 0 Å². The van der Waals surface area contributed by atoms with Crippen molar-refractivity contribution in [3.05, 3.63) is 83.1 Å². The molecule has 3 aromatic carbocycles. The molecule has 4 aromatic rings. The molecule has 0 unspecified atom stereocenters. The minimum Gasteiger partial charge on any atom is -0.493 e. The molecule has 0 fully saturated rings. The third-order valence-electron chi connectivity index (χ3n) is 4.73. The van der Waals surface area contributed by atoms with Gasteiger partial charge in [0.05, 0.1) is 17.9 Å². The number of thiazole rings is 1. The van der Waals surface area contributed by atoms with E-state index in [-0.39, 0.29) is 11.7 Å². The fraction of sp³-hybridized carbons (Fsp3) is 0.167. The smallest absolute Gasteiger partial charge is 0.255 e. The van der Waals surface area contributed by atoms with Gasteiger partial charge < -0.3 is 10.1 Å². The average Bonchev–Trinajstić information content (AvgIpc) is 3.23. The average molecular weight is 421 g/mol. The van der Waals surface area contributed by atoms with Crippen molar-refractivity contribution >= 4 is 28.0 Å². The molecule has 30 heavy (non-hydrogen) atoms. The van der Waals surface area contributed by atoms with Gasteiger partial charge in [-0.3, -0.25) is 4.79 Å². The summed E-state index contributed by atoms with van der Waals surface area (Å²) in [6, 6.07) is 17.9. The van der Waals surface area contributed by atoms with Crippen molar-refractivity contribution in [2.24, 2.45) is 0 Å². The number of hydrogen-bond donors (Lipinski definition) is 1. The minimum absolute atomic E-state index is 0.163. The van der Waals surface area contributed by atoms with E-state index in [0.717, 1.165) is 27.0 Å². The number of amides is 1. The van der Waals surface area contributed by atoms with Gasteiger partial charge in [0.2, 0.25) is 0 Å². The van der Waals surface area contributed by atoms with Gasteiger partial charge in [-0.15, -0.1) is 11.3 Å². The molecule has 1 aromatic heterocycles. The van der Waals surface area contributed by atoms with Gasteiger partial charge in [-0.05, 0) is 48.0 Å². The maximum absolute atomic E-state index is 13.1. The predicted octanol–water partition coefficient (Wildman–Crippen LogP) is 5.47. The van der Waals surface area contributed by atoms with E-state index in [1.165, 1.54) is 23.5 Å². The highest BCUT2D eigenvalue weighted by Gasteiger charge is 2.16. The van der Waals surface area contributed by atoms with Crippen LogP contribution in [0.2, 0.25) is 0 Å². The Morgan fingerprint density at radius 1 is 1.10 bits per heavy atom. The van der Waals surface area contributed by atoms with Gasteiger partial charge in [-0.1, -0.05) is 30.3 Å². The maximum Gasteiger partial charge on any atom is 0.255 e. The van der Waals surface area contributed by atoms with Crippen LogP contribution in [-0.4, -0.2) is 24.0 Å². The fourth-order valence-electron chi connectivity index (χ4n) is 3.30. The van der Waals surface area contributed by atoms with E-state index in [9.17, 15) is 9.18 Å². The zero-order chi connectivity index (χ0) is 20.9. The van der Waals surface area contributed by atoms with E-state index in [2.05, 4.69) is 10.3 Å². The number of carbonyl (C=O) groups excluding carboxylic acids is 1. The second kappa shape index (κ2) is 9.05. The summed E-state index contributed by atoms with van der Waals surface area (Å²) in [4.78, 5) is 17.6. The number of hydrogen-bond acceptors (Lipinski definition) is 4. The van der Waals surface area contributed by atoms with Crippen LogP contribution in [0.4, 0.5) is 4.39 Å². The van der Waals surface area contributed by atoms with Crippen LogP contribution in [0.1, 0.15) is 23.0 Å². The highest BCUT2D eigenvalue weighted by molar-refractivity contribution is 7.13. The standard InChI is InChI=1S/C24H21FN2O2S/c1-2-29-21-12-9-16-5-3-4-6-20(16)22(21)23(28)26-14-13-19-15-30-24(27-19)17-7-10-18(25)11-8-17/h3-12,15H,2,13-14H2,1H3,(H,26,28). The van der Waals surface area contributed by atoms with Crippen LogP contribution in [-0.2, 0) is 6.42 Å². The number of nitrogens with one attached hydrogen (secondary N) is 1. The molecule has 0 aliphatic carbocycles. The van der Waals surface area contributed by atoms with Crippen molar-refractivity contribution in [3.63, 3.8) is 0 Å². The Labute approximate surface area is 178 Å². The summed E-state index contributed by atoms with van der Waals surface area (Å²) in [5, 5.41) is 7.66. The van der Waals surface area contributed by atoms with Crippen molar-refractivity contribution < 1.29 is 13.9 Å². The van der Waals surface area contributed by atoms with Crippen molar-refractivity contribution in [3.8, 4) is 16.3 Å². The number of nitrogens with zero attached hydrogens (tertiary/aromatic N) is 1. The second-order valence-corrected chi connectivity index (χ2v) is 7.61. The second-order valence-electron chi connectivity index (χ2n) is 6.75. The van der Waals surface area contributed by atoms with Crippen molar-refractivity contribution in [2.75, 3.05) is 13.2 Å². The zero-order valence-electron chi connectivity index (χ0n) is 16.5. The van der Waals surface area contributed by atoms with Crippen molar-refractivity contribution in [1.82, 2.24) is 10.3 Å².